The molecule has 0 aliphatic carbocycles. The Morgan fingerprint density at radius 3 is 1.82 bits per heavy atom. The van der Waals surface area contributed by atoms with Crippen molar-refractivity contribution < 1.29 is 14.3 Å². The average molecular weight is 377 g/mol. The molecule has 2 aromatic carbocycles. The molecule has 0 spiro atoms. The van der Waals surface area contributed by atoms with Crippen molar-refractivity contribution >= 4 is 40.6 Å². The van der Waals surface area contributed by atoms with Gasteiger partial charge >= 0.3 is 5.97 Å². The van der Waals surface area contributed by atoms with Crippen molar-refractivity contribution in [1.29, 1.82) is 0 Å². The van der Waals surface area contributed by atoms with Gasteiger partial charge in [-0.25, -0.2) is 14.8 Å². The van der Waals surface area contributed by atoms with Crippen molar-refractivity contribution in [2.45, 2.75) is 6.92 Å². The number of methoxy groups -OCH3 is 1. The maximum atomic E-state index is 11.5. The highest BCUT2D eigenvalue weighted by Crippen LogP contribution is 2.21. The van der Waals surface area contributed by atoms with Gasteiger partial charge in [-0.1, -0.05) is 0 Å². The molecule has 1 aromatic heterocycles. The van der Waals surface area contributed by atoms with E-state index in [0.717, 1.165) is 17.1 Å². The molecule has 8 nitrogen and oxygen atoms in total. The quantitative estimate of drug-likeness (QED) is 0.562. The van der Waals surface area contributed by atoms with Crippen LogP contribution in [0.15, 0.2) is 60.9 Å². The number of amides is 1. The van der Waals surface area contributed by atoms with E-state index in [1.165, 1.54) is 20.4 Å². The van der Waals surface area contributed by atoms with Gasteiger partial charge < -0.3 is 20.7 Å². The summed E-state index contributed by atoms with van der Waals surface area (Å²) in [4.78, 5) is 31.0. The standard InChI is InChI=1S/C20H19N5O3/c1-13(26)23-15-7-9-17(10-8-15)25-19-11-18(21-12-22-19)24-16-5-3-14(4-6-16)20(27)28-2/h3-12H,1-2H3,(H,23,26)(H2,21,22,24,25). The van der Waals surface area contributed by atoms with Gasteiger partial charge in [-0.05, 0) is 48.5 Å². The lowest BCUT2D eigenvalue weighted by Gasteiger charge is -2.10. The van der Waals surface area contributed by atoms with Crippen molar-refractivity contribution in [2.75, 3.05) is 23.1 Å². The van der Waals surface area contributed by atoms with Crippen LogP contribution in [0, 0.1) is 0 Å². The smallest absolute Gasteiger partial charge is 0.337 e. The molecule has 0 radical (unpaired) electrons. The van der Waals surface area contributed by atoms with Gasteiger partial charge in [0, 0.05) is 30.1 Å². The van der Waals surface area contributed by atoms with Gasteiger partial charge in [-0.15, -0.1) is 0 Å². The summed E-state index contributed by atoms with van der Waals surface area (Å²) in [5.74, 6) is 0.700. The Morgan fingerprint density at radius 1 is 0.821 bits per heavy atom. The number of esters is 1. The fraction of sp³-hybridized carbons (Fsp3) is 0.100. The number of carbonyl (C=O) groups excluding carboxylic acids is 2. The summed E-state index contributed by atoms with van der Waals surface area (Å²) in [6, 6.07) is 15.9. The van der Waals surface area contributed by atoms with Crippen molar-refractivity contribution in [3.63, 3.8) is 0 Å². The van der Waals surface area contributed by atoms with E-state index < -0.39 is 0 Å². The number of carbonyl (C=O) groups is 2. The zero-order valence-corrected chi connectivity index (χ0v) is 15.4. The highest BCUT2D eigenvalue weighted by atomic mass is 16.5. The number of benzene rings is 2. The molecule has 0 aliphatic heterocycles. The van der Waals surface area contributed by atoms with Crippen LogP contribution < -0.4 is 16.0 Å². The van der Waals surface area contributed by atoms with Crippen molar-refractivity contribution in [3.05, 3.63) is 66.5 Å². The van der Waals surface area contributed by atoms with Crippen LogP contribution in [0.25, 0.3) is 0 Å². The topological polar surface area (TPSA) is 105 Å². The first kappa shape index (κ1) is 18.8. The third-order valence-corrected chi connectivity index (χ3v) is 3.72. The van der Waals surface area contributed by atoms with Crippen molar-refractivity contribution in [1.82, 2.24) is 9.97 Å². The normalized spacial score (nSPS) is 10.1. The van der Waals surface area contributed by atoms with Gasteiger partial charge in [0.2, 0.25) is 5.91 Å². The van der Waals surface area contributed by atoms with Crippen LogP contribution in [-0.2, 0) is 9.53 Å². The first-order chi connectivity index (χ1) is 13.5. The highest BCUT2D eigenvalue weighted by molar-refractivity contribution is 5.90. The molecule has 8 heteroatoms. The van der Waals surface area contributed by atoms with Crippen LogP contribution in [0.5, 0.6) is 0 Å². The molecule has 3 aromatic rings. The van der Waals surface area contributed by atoms with Gasteiger partial charge in [0.25, 0.3) is 0 Å². The summed E-state index contributed by atoms with van der Waals surface area (Å²) in [6.07, 6.45) is 1.44. The van der Waals surface area contributed by atoms with E-state index >= 15 is 0 Å². The van der Waals surface area contributed by atoms with Crippen LogP contribution in [0.3, 0.4) is 0 Å². The summed E-state index contributed by atoms with van der Waals surface area (Å²) in [5, 5.41) is 9.05. The molecule has 0 unspecified atom stereocenters. The van der Waals surface area contributed by atoms with Gasteiger partial charge in [-0.2, -0.15) is 0 Å². The summed E-state index contributed by atoms with van der Waals surface area (Å²) < 4.78 is 4.68. The van der Waals surface area contributed by atoms with Crippen LogP contribution in [0.4, 0.5) is 28.7 Å². The Bertz CT molecular complexity index is 972. The Kier molecular flexibility index (Phi) is 5.81. The lowest BCUT2D eigenvalue weighted by molar-refractivity contribution is -0.114. The number of anilines is 5. The van der Waals surface area contributed by atoms with Gasteiger partial charge in [0.15, 0.2) is 0 Å². The summed E-state index contributed by atoms with van der Waals surface area (Å²) in [7, 11) is 1.34. The minimum absolute atomic E-state index is 0.119. The molecular formula is C20H19N5O3. The average Bonchev–Trinajstić information content (AvgIpc) is 2.69. The van der Waals surface area contributed by atoms with Crippen LogP contribution in [0.2, 0.25) is 0 Å². The minimum atomic E-state index is -0.385. The summed E-state index contributed by atoms with van der Waals surface area (Å²) in [6.45, 7) is 1.46. The third kappa shape index (κ3) is 5.04. The Labute approximate surface area is 162 Å². The summed E-state index contributed by atoms with van der Waals surface area (Å²) >= 11 is 0. The lowest BCUT2D eigenvalue weighted by atomic mass is 10.2. The molecule has 1 amide bonds. The second kappa shape index (κ2) is 8.63. The maximum Gasteiger partial charge on any atom is 0.337 e. The van der Waals surface area contributed by atoms with Gasteiger partial charge in [-0.3, -0.25) is 4.79 Å². The fourth-order valence-corrected chi connectivity index (χ4v) is 2.44. The second-order valence-electron chi connectivity index (χ2n) is 5.87. The SMILES string of the molecule is COC(=O)c1ccc(Nc2cc(Nc3ccc(NC(C)=O)cc3)ncn2)cc1. The van der Waals surface area contributed by atoms with E-state index in [4.69, 9.17) is 0 Å². The summed E-state index contributed by atoms with van der Waals surface area (Å²) in [5.41, 5.74) is 2.79. The predicted octanol–water partition coefficient (Wildman–Crippen LogP) is 3.71. The van der Waals surface area contributed by atoms with Crippen LogP contribution in [-0.4, -0.2) is 29.0 Å². The zero-order valence-electron chi connectivity index (χ0n) is 15.4. The molecule has 0 fully saturated rings. The molecule has 0 aliphatic rings. The monoisotopic (exact) mass is 377 g/mol. The maximum absolute atomic E-state index is 11.5. The lowest BCUT2D eigenvalue weighted by Crippen LogP contribution is -2.05. The number of hydrogen-bond acceptors (Lipinski definition) is 7. The molecule has 0 saturated heterocycles. The Balaban J connectivity index is 1.66. The molecule has 1 heterocycles. The third-order valence-electron chi connectivity index (χ3n) is 3.72. The molecule has 3 rings (SSSR count). The Hall–Kier alpha value is -3.94. The number of hydrogen-bond donors (Lipinski definition) is 3. The Morgan fingerprint density at radius 2 is 1.32 bits per heavy atom. The minimum Gasteiger partial charge on any atom is -0.465 e. The molecule has 28 heavy (non-hydrogen) atoms. The molecule has 3 N–H and O–H groups in total. The molecule has 142 valence electrons. The first-order valence-electron chi connectivity index (χ1n) is 8.45. The second-order valence-corrected chi connectivity index (χ2v) is 5.87. The zero-order chi connectivity index (χ0) is 19.9. The van der Waals surface area contributed by atoms with E-state index in [9.17, 15) is 9.59 Å². The van der Waals surface area contributed by atoms with E-state index in [0.29, 0.717) is 17.2 Å². The van der Waals surface area contributed by atoms with Crippen LogP contribution in [0.1, 0.15) is 17.3 Å². The van der Waals surface area contributed by atoms with Crippen molar-refractivity contribution in [3.8, 4) is 0 Å². The van der Waals surface area contributed by atoms with E-state index in [1.54, 1.807) is 42.5 Å². The number of ether oxygens (including phenoxy) is 1. The largest absolute Gasteiger partial charge is 0.465 e. The molecule has 0 bridgehead atoms. The predicted molar refractivity (Wildman–Crippen MR) is 107 cm³/mol. The number of rotatable bonds is 6. The number of aromatic nitrogens is 2. The van der Waals surface area contributed by atoms with E-state index in [2.05, 4.69) is 30.7 Å². The number of nitrogens with zero attached hydrogens (tertiary/aromatic N) is 2. The van der Waals surface area contributed by atoms with Gasteiger partial charge in [0.1, 0.15) is 18.0 Å². The van der Waals surface area contributed by atoms with Gasteiger partial charge in [0.05, 0.1) is 12.7 Å². The van der Waals surface area contributed by atoms with E-state index in [-0.39, 0.29) is 11.9 Å². The first-order valence-corrected chi connectivity index (χ1v) is 8.45. The highest BCUT2D eigenvalue weighted by Gasteiger charge is 2.05. The van der Waals surface area contributed by atoms with Crippen molar-refractivity contribution in [2.24, 2.45) is 0 Å². The molecule has 0 saturated carbocycles. The van der Waals surface area contributed by atoms with E-state index in [1.807, 2.05) is 12.1 Å². The van der Waals surface area contributed by atoms with Crippen LogP contribution >= 0.6 is 0 Å². The molecular weight excluding hydrogens is 358 g/mol. The fourth-order valence-electron chi connectivity index (χ4n) is 2.44. The number of nitrogens with one attached hydrogen (secondary N) is 3. The molecule has 0 atom stereocenters.